The Morgan fingerprint density at radius 1 is 0.677 bits per heavy atom. The van der Waals surface area contributed by atoms with Gasteiger partial charge in [0.05, 0.1) is 22.8 Å². The van der Waals surface area contributed by atoms with Crippen molar-refractivity contribution in [2.24, 2.45) is 9.98 Å². The van der Waals surface area contributed by atoms with Crippen LogP contribution < -0.4 is 24.3 Å². The van der Waals surface area contributed by atoms with Crippen LogP contribution in [0.2, 0.25) is 10.0 Å². The number of aliphatic imine (C=N–C) groups is 2. The second-order valence-electron chi connectivity index (χ2n) is 15.2. The number of pyridine rings is 2. The largest absolute Gasteiger partial charge is 0.488 e. The zero-order valence-electron chi connectivity index (χ0n) is 36.7. The predicted molar refractivity (Wildman–Crippen MR) is 253 cm³/mol. The molecular formula is C50H51Cl2N5O8. The summed E-state index contributed by atoms with van der Waals surface area (Å²) in [5.74, 6) is 0.457. The number of aromatic nitrogens is 2. The molecule has 2 heterocycles. The van der Waals surface area contributed by atoms with E-state index in [-0.39, 0.29) is 39.6 Å². The first-order chi connectivity index (χ1) is 31.4. The lowest BCUT2D eigenvalue weighted by atomic mass is 9.92. The van der Waals surface area contributed by atoms with Gasteiger partial charge in [-0.2, -0.15) is 0 Å². The summed E-state index contributed by atoms with van der Waals surface area (Å²) in [5, 5.41) is 33.3. The predicted octanol–water partition coefficient (Wildman–Crippen LogP) is 8.90. The maximum Gasteiger partial charge on any atom is 0.323 e. The van der Waals surface area contributed by atoms with Crippen LogP contribution in [0.3, 0.4) is 0 Å². The number of aliphatic carboxylic acids is 1. The van der Waals surface area contributed by atoms with E-state index in [1.807, 2.05) is 50.2 Å². The number of aliphatic hydroxyl groups is 2. The van der Waals surface area contributed by atoms with Gasteiger partial charge in [-0.1, -0.05) is 59.6 Å². The normalized spacial score (nSPS) is 12.4. The lowest BCUT2D eigenvalue weighted by Crippen LogP contribution is -2.44. The Kier molecular flexibility index (Phi) is 17.0. The van der Waals surface area contributed by atoms with E-state index >= 15 is 0 Å². The van der Waals surface area contributed by atoms with Gasteiger partial charge in [0.1, 0.15) is 55.5 Å². The second kappa shape index (κ2) is 23.0. The Morgan fingerprint density at radius 2 is 1.14 bits per heavy atom. The average molecular weight is 921 g/mol. The molecule has 4 aromatic carbocycles. The van der Waals surface area contributed by atoms with E-state index in [0.29, 0.717) is 44.2 Å². The Labute approximate surface area is 388 Å². The van der Waals surface area contributed by atoms with Gasteiger partial charge in [-0.3, -0.25) is 30.1 Å². The first-order valence-electron chi connectivity index (χ1n) is 20.7. The lowest BCUT2D eigenvalue weighted by Gasteiger charge is -2.20. The van der Waals surface area contributed by atoms with Crippen molar-refractivity contribution in [1.82, 2.24) is 15.3 Å². The maximum atomic E-state index is 11.8. The third-order valence-corrected chi connectivity index (χ3v) is 11.2. The molecule has 0 radical (unpaired) electrons. The molecule has 4 N–H and O–H groups in total. The molecule has 65 heavy (non-hydrogen) atoms. The molecule has 0 aliphatic heterocycles. The number of hydrogen-bond acceptors (Lipinski definition) is 12. The molecule has 0 saturated heterocycles. The summed E-state index contributed by atoms with van der Waals surface area (Å²) in [7, 11) is 3.38. The number of benzene rings is 4. The van der Waals surface area contributed by atoms with Crippen LogP contribution in [0.4, 0.5) is 0 Å². The number of nitrogens with zero attached hydrogens (tertiary/aromatic N) is 4. The molecule has 0 aliphatic carbocycles. The van der Waals surface area contributed by atoms with Crippen LogP contribution in [0.15, 0.2) is 108 Å². The van der Waals surface area contributed by atoms with Crippen molar-refractivity contribution in [3.8, 4) is 34.1 Å². The van der Waals surface area contributed by atoms with E-state index in [1.54, 1.807) is 75.6 Å². The van der Waals surface area contributed by atoms with Crippen molar-refractivity contribution < 1.29 is 39.1 Å². The maximum absolute atomic E-state index is 11.8. The number of aliphatic hydroxyl groups excluding tert-OH is 2. The van der Waals surface area contributed by atoms with Gasteiger partial charge in [-0.25, -0.2) is 0 Å². The SMILES string of the molecule is C/N=C/c1cncc(COc2cc(OCc3cccc(-c4cccc(COc5cc(OCc6cncc(/C=N/C)c6)c(CN[C@@H](C(=O)O)[C@H](C)O)cc5Cl)c4C)c3C)c(Cl)cc2CO)c1. The molecule has 6 aromatic rings. The fourth-order valence-electron chi connectivity index (χ4n) is 7.10. The van der Waals surface area contributed by atoms with E-state index in [2.05, 4.69) is 37.4 Å². The smallest absolute Gasteiger partial charge is 0.323 e. The van der Waals surface area contributed by atoms with Gasteiger partial charge in [0, 0.05) is 103 Å². The summed E-state index contributed by atoms with van der Waals surface area (Å²) in [4.78, 5) is 28.5. The van der Waals surface area contributed by atoms with E-state index in [4.69, 9.17) is 42.1 Å². The minimum Gasteiger partial charge on any atom is -0.488 e. The molecular weight excluding hydrogens is 869 g/mol. The van der Waals surface area contributed by atoms with Gasteiger partial charge >= 0.3 is 5.97 Å². The van der Waals surface area contributed by atoms with Gasteiger partial charge < -0.3 is 34.3 Å². The van der Waals surface area contributed by atoms with Gasteiger partial charge in [0.15, 0.2) is 0 Å². The molecule has 0 aliphatic rings. The van der Waals surface area contributed by atoms with Crippen LogP contribution in [0.1, 0.15) is 62.6 Å². The number of rotatable bonds is 21. The molecule has 13 nitrogen and oxygen atoms in total. The molecule has 0 spiro atoms. The first-order valence-corrected chi connectivity index (χ1v) is 21.4. The molecule has 338 valence electrons. The van der Waals surface area contributed by atoms with Gasteiger partial charge in [0.2, 0.25) is 0 Å². The molecule has 0 unspecified atom stereocenters. The molecule has 2 aromatic heterocycles. The molecule has 0 amide bonds. The highest BCUT2D eigenvalue weighted by Gasteiger charge is 2.24. The second-order valence-corrected chi connectivity index (χ2v) is 16.1. The summed E-state index contributed by atoms with van der Waals surface area (Å²) in [6.45, 7) is 6.06. The molecule has 0 bridgehead atoms. The van der Waals surface area contributed by atoms with Crippen LogP contribution in [0.25, 0.3) is 11.1 Å². The molecule has 0 saturated carbocycles. The van der Waals surface area contributed by atoms with Crippen molar-refractivity contribution in [3.63, 3.8) is 0 Å². The molecule has 2 atom stereocenters. The monoisotopic (exact) mass is 919 g/mol. The van der Waals surface area contributed by atoms with Crippen molar-refractivity contribution in [2.45, 2.75) is 72.5 Å². The summed E-state index contributed by atoms with van der Waals surface area (Å²) in [6, 6.07) is 21.4. The Hall–Kier alpha value is -6.35. The first kappa shape index (κ1) is 48.1. The van der Waals surface area contributed by atoms with Crippen molar-refractivity contribution in [2.75, 3.05) is 14.1 Å². The quantitative estimate of drug-likeness (QED) is 0.0507. The van der Waals surface area contributed by atoms with Crippen LogP contribution >= 0.6 is 23.2 Å². The summed E-state index contributed by atoms with van der Waals surface area (Å²) < 4.78 is 25.1. The molecule has 6 rings (SSSR count). The van der Waals surface area contributed by atoms with Crippen LogP contribution in [-0.4, -0.2) is 69.9 Å². The molecule has 15 heteroatoms. The van der Waals surface area contributed by atoms with E-state index in [0.717, 1.165) is 55.6 Å². The topological polar surface area (TPSA) is 177 Å². The van der Waals surface area contributed by atoms with Gasteiger partial charge in [-0.05, 0) is 78.4 Å². The van der Waals surface area contributed by atoms with E-state index < -0.39 is 18.1 Å². The Balaban J connectivity index is 1.19. The number of carboxylic acid groups (broad SMARTS) is 1. The number of hydrogen-bond donors (Lipinski definition) is 4. The highest BCUT2D eigenvalue weighted by Crippen LogP contribution is 2.37. The standard InChI is InChI=1S/C50H51Cl2N5O8/c1-30-37(28-64-47-16-45(62-26-35-12-33(18-53-4)20-55-22-35)39(14-43(47)51)24-57-49(32(3)59)50(60)61)8-6-10-41(30)42-11-7-9-38(31(42)2)29-65-48-17-46(40(25-58)15-44(48)52)63-27-36-13-34(19-54-5)21-56-23-36/h6-23,32,49,57-59H,24-29H2,1-5H3,(H,60,61)/b53-18+,54-19+/t32-,49+/m0/s1. The van der Waals surface area contributed by atoms with Crippen LogP contribution in [0.5, 0.6) is 23.0 Å². The Bertz CT molecular complexity index is 2670. The van der Waals surface area contributed by atoms with E-state index in [1.165, 1.54) is 6.92 Å². The minimum atomic E-state index is -1.21. The third kappa shape index (κ3) is 12.7. The summed E-state index contributed by atoms with van der Waals surface area (Å²) in [5.41, 5.74) is 10.3. The number of ether oxygens (including phenoxy) is 4. The highest BCUT2D eigenvalue weighted by atomic mass is 35.5. The fraction of sp³-hybridized carbons (Fsp3) is 0.260. The zero-order chi connectivity index (χ0) is 46.5. The lowest BCUT2D eigenvalue weighted by molar-refractivity contribution is -0.142. The zero-order valence-corrected chi connectivity index (χ0v) is 38.2. The van der Waals surface area contributed by atoms with Gasteiger partial charge in [-0.15, -0.1) is 0 Å². The Morgan fingerprint density at radius 3 is 1.58 bits per heavy atom. The third-order valence-electron chi connectivity index (χ3n) is 10.6. The summed E-state index contributed by atoms with van der Waals surface area (Å²) >= 11 is 13.5. The minimum absolute atomic E-state index is 0.0462. The van der Waals surface area contributed by atoms with Crippen molar-refractivity contribution in [3.05, 3.63) is 163 Å². The highest BCUT2D eigenvalue weighted by molar-refractivity contribution is 6.32. The van der Waals surface area contributed by atoms with E-state index in [9.17, 15) is 20.1 Å². The fourth-order valence-corrected chi connectivity index (χ4v) is 7.58. The summed E-state index contributed by atoms with van der Waals surface area (Å²) in [6.07, 6.45) is 9.08. The van der Waals surface area contributed by atoms with Gasteiger partial charge in [0.25, 0.3) is 0 Å². The number of nitrogens with one attached hydrogen (secondary N) is 1. The number of halogens is 2. The van der Waals surface area contributed by atoms with Crippen molar-refractivity contribution >= 4 is 41.6 Å². The number of carbonyl (C=O) groups is 1. The van der Waals surface area contributed by atoms with Crippen molar-refractivity contribution in [1.29, 1.82) is 0 Å². The number of carboxylic acids is 1. The van der Waals surface area contributed by atoms with Crippen LogP contribution in [0, 0.1) is 13.8 Å². The van der Waals surface area contributed by atoms with Crippen LogP contribution in [-0.2, 0) is 44.4 Å². The molecule has 0 fully saturated rings. The average Bonchev–Trinajstić information content (AvgIpc) is 3.28.